The molecule has 0 aromatic heterocycles. The highest BCUT2D eigenvalue weighted by Crippen LogP contribution is 2.39. The number of nitro groups is 1. The lowest BCUT2D eigenvalue weighted by Crippen LogP contribution is -2.11. The second-order valence-corrected chi connectivity index (χ2v) is 9.57. The van der Waals surface area contributed by atoms with Crippen LogP contribution < -0.4 is 8.92 Å². The minimum atomic E-state index is -4.18. The molecule has 3 rings (SSSR count). The Morgan fingerprint density at radius 2 is 1.82 bits per heavy atom. The van der Waals surface area contributed by atoms with Crippen molar-refractivity contribution in [3.05, 3.63) is 91.4 Å². The van der Waals surface area contributed by atoms with Gasteiger partial charge >= 0.3 is 10.1 Å². The molecule has 0 aliphatic heterocycles. The molecule has 0 aliphatic rings. The summed E-state index contributed by atoms with van der Waals surface area (Å²) in [6.07, 6.45) is 1.55. The molecule has 0 radical (unpaired) electrons. The van der Waals surface area contributed by atoms with Crippen LogP contribution in [0, 0.1) is 21.4 Å². The van der Waals surface area contributed by atoms with Crippen LogP contribution in [0.1, 0.15) is 18.1 Å². The number of ether oxygens (including phenoxy) is 1. The number of hydrogen-bond acceptors (Lipinski definition) is 7. The standard InChI is InChI=1S/C23H16BrClN2O6S/c1-2-32-22-13-15(11-17(14-26)16-3-7-19(8-4-16)27(28)29)12-21(24)23(22)33-34(30,31)20-9-5-18(25)6-10-20/h3-13H,2H2,1H3/b17-11+. The van der Waals surface area contributed by atoms with Crippen molar-refractivity contribution < 1.29 is 22.3 Å². The Bertz CT molecular complexity index is 1400. The van der Waals surface area contributed by atoms with E-state index in [4.69, 9.17) is 20.5 Å². The lowest BCUT2D eigenvalue weighted by Gasteiger charge is -2.15. The number of halogens is 2. The number of allylic oxidation sites excluding steroid dienone is 1. The molecule has 3 aromatic carbocycles. The molecule has 0 atom stereocenters. The van der Waals surface area contributed by atoms with E-state index in [0.29, 0.717) is 16.1 Å². The van der Waals surface area contributed by atoms with Crippen molar-refractivity contribution in [3.8, 4) is 17.6 Å². The average Bonchev–Trinajstić information content (AvgIpc) is 2.80. The topological polar surface area (TPSA) is 120 Å². The van der Waals surface area contributed by atoms with Gasteiger partial charge in [0.15, 0.2) is 11.5 Å². The zero-order valence-electron chi connectivity index (χ0n) is 17.6. The summed E-state index contributed by atoms with van der Waals surface area (Å²) in [5.41, 5.74) is 1.15. The van der Waals surface area contributed by atoms with E-state index in [1.54, 1.807) is 19.1 Å². The molecule has 174 valence electrons. The fourth-order valence-corrected chi connectivity index (χ4v) is 4.61. The predicted octanol–water partition coefficient (Wildman–Crippen LogP) is 6.24. The highest BCUT2D eigenvalue weighted by atomic mass is 79.9. The van der Waals surface area contributed by atoms with E-state index in [0.717, 1.165) is 0 Å². The van der Waals surface area contributed by atoms with Gasteiger partial charge in [-0.3, -0.25) is 10.1 Å². The summed E-state index contributed by atoms with van der Waals surface area (Å²) in [7, 11) is -4.18. The van der Waals surface area contributed by atoms with Gasteiger partial charge < -0.3 is 8.92 Å². The Hall–Kier alpha value is -3.39. The molecule has 0 amide bonds. The van der Waals surface area contributed by atoms with E-state index < -0.39 is 15.0 Å². The van der Waals surface area contributed by atoms with Crippen molar-refractivity contribution in [2.45, 2.75) is 11.8 Å². The first-order valence-electron chi connectivity index (χ1n) is 9.67. The lowest BCUT2D eigenvalue weighted by molar-refractivity contribution is -0.384. The minimum absolute atomic E-state index is 0.0530. The molecule has 0 saturated heterocycles. The van der Waals surface area contributed by atoms with E-state index >= 15 is 0 Å². The van der Waals surface area contributed by atoms with Crippen LogP contribution in [0.5, 0.6) is 11.5 Å². The van der Waals surface area contributed by atoms with Crippen LogP contribution in [0.4, 0.5) is 5.69 Å². The quantitative estimate of drug-likeness (QED) is 0.105. The first-order chi connectivity index (χ1) is 16.1. The van der Waals surface area contributed by atoms with E-state index in [1.807, 2.05) is 0 Å². The van der Waals surface area contributed by atoms with Gasteiger partial charge in [0, 0.05) is 17.2 Å². The minimum Gasteiger partial charge on any atom is -0.490 e. The van der Waals surface area contributed by atoms with Gasteiger partial charge in [0.1, 0.15) is 4.90 Å². The molecule has 0 N–H and O–H groups in total. The molecule has 0 unspecified atom stereocenters. The molecule has 8 nitrogen and oxygen atoms in total. The van der Waals surface area contributed by atoms with Crippen LogP contribution in [-0.2, 0) is 10.1 Å². The van der Waals surface area contributed by atoms with Crippen molar-refractivity contribution >= 4 is 55.0 Å². The largest absolute Gasteiger partial charge is 0.490 e. The summed E-state index contributed by atoms with van der Waals surface area (Å²) in [5, 5.41) is 20.8. The fourth-order valence-electron chi connectivity index (χ4n) is 2.88. The molecule has 0 bridgehead atoms. The van der Waals surface area contributed by atoms with Gasteiger partial charge in [0.2, 0.25) is 0 Å². The zero-order chi connectivity index (χ0) is 24.9. The summed E-state index contributed by atoms with van der Waals surface area (Å²) in [4.78, 5) is 10.3. The van der Waals surface area contributed by atoms with Crippen LogP contribution in [0.25, 0.3) is 11.6 Å². The lowest BCUT2D eigenvalue weighted by atomic mass is 10.0. The maximum absolute atomic E-state index is 12.7. The third kappa shape index (κ3) is 5.94. The highest BCUT2D eigenvalue weighted by Gasteiger charge is 2.22. The van der Waals surface area contributed by atoms with Crippen molar-refractivity contribution in [2.24, 2.45) is 0 Å². The summed E-state index contributed by atoms with van der Waals surface area (Å²) >= 11 is 9.15. The van der Waals surface area contributed by atoms with Crippen molar-refractivity contribution in [1.29, 1.82) is 5.26 Å². The summed E-state index contributed by atoms with van der Waals surface area (Å²) in [6.45, 7) is 1.95. The Kier molecular flexibility index (Phi) is 7.94. The number of rotatable bonds is 8. The number of non-ortho nitro benzene ring substituents is 1. The Labute approximate surface area is 209 Å². The first kappa shape index (κ1) is 25.2. The molecule has 11 heteroatoms. The molecule has 0 spiro atoms. The molecule has 0 fully saturated rings. The van der Waals surface area contributed by atoms with Gasteiger partial charge in [-0.2, -0.15) is 13.7 Å². The number of nitriles is 1. The number of hydrogen-bond donors (Lipinski definition) is 0. The van der Waals surface area contributed by atoms with Gasteiger partial charge in [0.25, 0.3) is 5.69 Å². The normalized spacial score (nSPS) is 11.5. The molecule has 0 aliphatic carbocycles. The average molecular weight is 564 g/mol. The Morgan fingerprint density at radius 1 is 1.18 bits per heavy atom. The molecular formula is C23H16BrClN2O6S. The van der Waals surface area contributed by atoms with E-state index in [9.17, 15) is 23.8 Å². The summed E-state index contributed by atoms with van der Waals surface area (Å²) in [5.74, 6) is 0.0875. The molecular weight excluding hydrogens is 548 g/mol. The van der Waals surface area contributed by atoms with Crippen LogP contribution in [-0.4, -0.2) is 19.9 Å². The number of benzene rings is 3. The third-order valence-electron chi connectivity index (χ3n) is 4.45. The monoisotopic (exact) mass is 562 g/mol. The maximum atomic E-state index is 12.7. The Balaban J connectivity index is 2.00. The third-order valence-corrected chi connectivity index (χ3v) is 6.52. The predicted molar refractivity (Wildman–Crippen MR) is 131 cm³/mol. The molecule has 0 saturated carbocycles. The van der Waals surface area contributed by atoms with Crippen molar-refractivity contribution in [3.63, 3.8) is 0 Å². The van der Waals surface area contributed by atoms with Gasteiger partial charge in [-0.1, -0.05) is 11.6 Å². The van der Waals surface area contributed by atoms with Crippen molar-refractivity contribution in [1.82, 2.24) is 0 Å². The maximum Gasteiger partial charge on any atom is 0.339 e. The zero-order valence-corrected chi connectivity index (χ0v) is 20.7. The van der Waals surface area contributed by atoms with Gasteiger partial charge in [-0.15, -0.1) is 0 Å². The van der Waals surface area contributed by atoms with E-state index in [-0.39, 0.29) is 38.7 Å². The number of nitro benzene ring substituents is 1. The molecule has 34 heavy (non-hydrogen) atoms. The first-order valence-corrected chi connectivity index (χ1v) is 12.3. The van der Waals surface area contributed by atoms with E-state index in [2.05, 4.69) is 22.0 Å². The highest BCUT2D eigenvalue weighted by molar-refractivity contribution is 9.10. The van der Waals surface area contributed by atoms with Gasteiger partial charge in [-0.25, -0.2) is 0 Å². The molecule has 3 aromatic rings. The second-order valence-electron chi connectivity index (χ2n) is 6.73. The van der Waals surface area contributed by atoms with Gasteiger partial charge in [-0.05, 0) is 88.6 Å². The van der Waals surface area contributed by atoms with Crippen LogP contribution >= 0.6 is 27.5 Å². The van der Waals surface area contributed by atoms with Crippen molar-refractivity contribution in [2.75, 3.05) is 6.61 Å². The molecule has 0 heterocycles. The second kappa shape index (κ2) is 10.7. The summed E-state index contributed by atoms with van der Waals surface area (Å²) < 4.78 is 36.7. The smallest absolute Gasteiger partial charge is 0.339 e. The SMILES string of the molecule is CCOc1cc(/C=C(\C#N)c2ccc([N+](=O)[O-])cc2)cc(Br)c1OS(=O)(=O)c1ccc(Cl)cc1. The van der Waals surface area contributed by atoms with Crippen LogP contribution in [0.2, 0.25) is 5.02 Å². The summed E-state index contributed by atoms with van der Waals surface area (Å²) in [6, 6.07) is 16.2. The Morgan fingerprint density at radius 3 is 2.38 bits per heavy atom. The van der Waals surface area contributed by atoms with Gasteiger partial charge in [0.05, 0.1) is 27.6 Å². The fraction of sp³-hybridized carbons (Fsp3) is 0.0870. The van der Waals surface area contributed by atoms with E-state index in [1.165, 1.54) is 54.6 Å². The van der Waals surface area contributed by atoms with Crippen LogP contribution in [0.15, 0.2) is 70.0 Å². The number of nitrogens with zero attached hydrogens (tertiary/aromatic N) is 2. The van der Waals surface area contributed by atoms with Crippen LogP contribution in [0.3, 0.4) is 0 Å².